The minimum Gasteiger partial charge on any atom is -0.358 e. The molecule has 0 spiro atoms. The monoisotopic (exact) mass is 298 g/mol. The molecule has 2 N–H and O–H groups in total. The normalized spacial score (nSPS) is 38.2. The first-order chi connectivity index (χ1) is 9.62. The third kappa shape index (κ3) is 2.95. The molecule has 0 aromatic rings. The summed E-state index contributed by atoms with van der Waals surface area (Å²) in [6, 6.07) is 0. The van der Waals surface area contributed by atoms with Crippen LogP contribution in [-0.2, 0) is 9.47 Å². The zero-order valence-electron chi connectivity index (χ0n) is 12.5. The fourth-order valence-electron chi connectivity index (χ4n) is 4.99. The maximum Gasteiger partial charge on any atom is 0.174 e. The van der Waals surface area contributed by atoms with E-state index in [1.807, 2.05) is 0 Å². The third-order valence-corrected chi connectivity index (χ3v) is 5.62. The van der Waals surface area contributed by atoms with Crippen LogP contribution in [0, 0.1) is 17.8 Å². The van der Waals surface area contributed by atoms with E-state index >= 15 is 0 Å². The second kappa shape index (κ2) is 5.78. The molecule has 4 nitrogen and oxygen atoms in total. The first-order valence-electron chi connectivity index (χ1n) is 7.74. The molecule has 0 aromatic carbocycles. The van der Waals surface area contributed by atoms with Gasteiger partial charge in [0.15, 0.2) is 11.4 Å². The van der Waals surface area contributed by atoms with Crippen LogP contribution in [-0.4, -0.2) is 37.7 Å². The smallest absolute Gasteiger partial charge is 0.174 e. The maximum atomic E-state index is 5.47. The van der Waals surface area contributed by atoms with Crippen molar-refractivity contribution in [3.8, 4) is 0 Å². The highest BCUT2D eigenvalue weighted by atomic mass is 32.1. The van der Waals surface area contributed by atoms with Crippen LogP contribution in [0.4, 0.5) is 0 Å². The molecule has 0 amide bonds. The highest BCUT2D eigenvalue weighted by Crippen LogP contribution is 2.55. The maximum absolute atomic E-state index is 5.47. The number of thiocarbonyl (C=S) groups is 1. The molecule has 0 radical (unpaired) electrons. The van der Waals surface area contributed by atoms with Crippen molar-refractivity contribution in [2.45, 2.75) is 50.4 Å². The zero-order valence-corrected chi connectivity index (χ0v) is 13.3. The molecule has 0 atom stereocenters. The molecule has 0 unspecified atom stereocenters. The van der Waals surface area contributed by atoms with E-state index in [4.69, 9.17) is 21.7 Å². The molecular formula is C15H26N2O2S. The van der Waals surface area contributed by atoms with Gasteiger partial charge in [-0.1, -0.05) is 0 Å². The van der Waals surface area contributed by atoms with Gasteiger partial charge in [0, 0.05) is 19.8 Å². The highest BCUT2D eigenvalue weighted by Gasteiger charge is 2.51. The van der Waals surface area contributed by atoms with E-state index in [0.29, 0.717) is 6.54 Å². The van der Waals surface area contributed by atoms with Crippen LogP contribution >= 0.6 is 12.2 Å². The van der Waals surface area contributed by atoms with Gasteiger partial charge in [-0.3, -0.25) is 0 Å². The molecule has 0 aliphatic heterocycles. The number of ether oxygens (including phenoxy) is 2. The van der Waals surface area contributed by atoms with E-state index in [2.05, 4.69) is 10.6 Å². The molecule has 0 aromatic heterocycles. The molecule has 5 heteroatoms. The number of rotatable bonds is 5. The van der Waals surface area contributed by atoms with Gasteiger partial charge < -0.3 is 20.1 Å². The van der Waals surface area contributed by atoms with Gasteiger partial charge in [0.1, 0.15) is 0 Å². The van der Waals surface area contributed by atoms with E-state index in [1.54, 1.807) is 14.2 Å². The van der Waals surface area contributed by atoms with E-state index in [-0.39, 0.29) is 11.8 Å². The Balaban J connectivity index is 1.53. The van der Waals surface area contributed by atoms with E-state index in [0.717, 1.165) is 22.9 Å². The molecule has 20 heavy (non-hydrogen) atoms. The van der Waals surface area contributed by atoms with Crippen LogP contribution in [0.25, 0.3) is 0 Å². The Kier molecular flexibility index (Phi) is 4.20. The van der Waals surface area contributed by atoms with Gasteiger partial charge in [0.2, 0.25) is 0 Å². The van der Waals surface area contributed by atoms with Gasteiger partial charge >= 0.3 is 0 Å². The largest absolute Gasteiger partial charge is 0.358 e. The van der Waals surface area contributed by atoms with Crippen LogP contribution in [0.5, 0.6) is 0 Å². The molecular weight excluding hydrogens is 272 g/mol. The Morgan fingerprint density at radius 3 is 2.05 bits per heavy atom. The predicted molar refractivity (Wildman–Crippen MR) is 82.4 cm³/mol. The van der Waals surface area contributed by atoms with Crippen LogP contribution in [0.15, 0.2) is 0 Å². The topological polar surface area (TPSA) is 42.5 Å². The van der Waals surface area contributed by atoms with Crippen molar-refractivity contribution in [1.82, 2.24) is 10.6 Å². The molecule has 0 heterocycles. The minimum atomic E-state index is -0.244. The summed E-state index contributed by atoms with van der Waals surface area (Å²) in [7, 11) is 3.29. The van der Waals surface area contributed by atoms with Gasteiger partial charge in [-0.15, -0.1) is 0 Å². The summed E-state index contributed by atoms with van der Waals surface area (Å²) in [6.07, 6.45) is 8.03. The SMILES string of the molecule is COC(CNC(=S)NC12CC3CC(CC(C3)C1)C2)OC. The van der Waals surface area contributed by atoms with Gasteiger partial charge in [-0.25, -0.2) is 0 Å². The minimum absolute atomic E-state index is 0.244. The van der Waals surface area contributed by atoms with Gasteiger partial charge in [-0.05, 0) is 68.5 Å². The van der Waals surface area contributed by atoms with Gasteiger partial charge in [0.25, 0.3) is 0 Å². The average molecular weight is 298 g/mol. The quantitative estimate of drug-likeness (QED) is 0.600. The Morgan fingerprint density at radius 2 is 1.60 bits per heavy atom. The molecule has 114 valence electrons. The lowest BCUT2D eigenvalue weighted by molar-refractivity contribution is -0.0967. The lowest BCUT2D eigenvalue weighted by Crippen LogP contribution is -2.61. The van der Waals surface area contributed by atoms with Crippen molar-refractivity contribution in [3.05, 3.63) is 0 Å². The highest BCUT2D eigenvalue weighted by molar-refractivity contribution is 7.80. The zero-order chi connectivity index (χ0) is 14.2. The van der Waals surface area contributed by atoms with Crippen molar-refractivity contribution in [2.24, 2.45) is 17.8 Å². The molecule has 4 saturated carbocycles. The lowest BCUT2D eigenvalue weighted by atomic mass is 9.53. The fourth-order valence-corrected chi connectivity index (χ4v) is 5.29. The van der Waals surface area contributed by atoms with Gasteiger partial charge in [0.05, 0.1) is 6.54 Å². The summed E-state index contributed by atoms with van der Waals surface area (Å²) in [4.78, 5) is 0. The summed E-state index contributed by atoms with van der Waals surface area (Å²) in [5.74, 6) is 2.80. The van der Waals surface area contributed by atoms with Gasteiger partial charge in [-0.2, -0.15) is 0 Å². The van der Waals surface area contributed by atoms with Crippen molar-refractivity contribution in [1.29, 1.82) is 0 Å². The summed E-state index contributed by atoms with van der Waals surface area (Å²) < 4.78 is 10.3. The van der Waals surface area contributed by atoms with Crippen LogP contribution in [0.3, 0.4) is 0 Å². The molecule has 4 aliphatic rings. The lowest BCUT2D eigenvalue weighted by Gasteiger charge is -2.57. The number of hydrogen-bond acceptors (Lipinski definition) is 3. The fraction of sp³-hybridized carbons (Fsp3) is 0.933. The van der Waals surface area contributed by atoms with Crippen LogP contribution in [0.1, 0.15) is 38.5 Å². The number of nitrogens with one attached hydrogen (secondary N) is 2. The summed E-state index contributed by atoms with van der Waals surface area (Å²) in [5.41, 5.74) is 0.272. The molecule has 4 aliphatic carbocycles. The van der Waals surface area contributed by atoms with E-state index in [1.165, 1.54) is 38.5 Å². The standard InChI is InChI=1S/C15H26N2O2S/c1-18-13(19-2)9-16-14(20)17-15-6-10-3-11(7-15)5-12(4-10)8-15/h10-13H,3-9H2,1-2H3,(H2,16,17,20). The van der Waals surface area contributed by atoms with Crippen LogP contribution < -0.4 is 10.6 Å². The molecule has 0 saturated heterocycles. The Bertz CT molecular complexity index is 336. The van der Waals surface area contributed by atoms with Crippen molar-refractivity contribution >= 4 is 17.3 Å². The number of methoxy groups -OCH3 is 2. The van der Waals surface area contributed by atoms with Crippen molar-refractivity contribution in [3.63, 3.8) is 0 Å². The van der Waals surface area contributed by atoms with E-state index in [9.17, 15) is 0 Å². The Morgan fingerprint density at radius 1 is 1.10 bits per heavy atom. The van der Waals surface area contributed by atoms with Crippen LogP contribution in [0.2, 0.25) is 0 Å². The average Bonchev–Trinajstić information content (AvgIpc) is 2.37. The van der Waals surface area contributed by atoms with E-state index < -0.39 is 0 Å². The molecule has 4 rings (SSSR count). The summed E-state index contributed by atoms with van der Waals surface area (Å²) in [6.45, 7) is 0.588. The second-order valence-corrected chi connectivity index (χ2v) is 7.34. The number of hydrogen-bond donors (Lipinski definition) is 2. The predicted octanol–water partition coefficient (Wildman–Crippen LogP) is 2.04. The summed E-state index contributed by atoms with van der Waals surface area (Å²) in [5, 5.41) is 7.62. The Labute approximate surface area is 127 Å². The third-order valence-electron chi connectivity index (χ3n) is 5.37. The Hall–Kier alpha value is -0.390. The second-order valence-electron chi connectivity index (χ2n) is 6.93. The van der Waals surface area contributed by atoms with Crippen molar-refractivity contribution < 1.29 is 9.47 Å². The molecule has 4 fully saturated rings. The first kappa shape index (κ1) is 14.5. The molecule has 4 bridgehead atoms. The van der Waals surface area contributed by atoms with Crippen molar-refractivity contribution in [2.75, 3.05) is 20.8 Å². The summed E-state index contributed by atoms with van der Waals surface area (Å²) >= 11 is 5.47. The first-order valence-corrected chi connectivity index (χ1v) is 8.15.